The van der Waals surface area contributed by atoms with Crippen molar-refractivity contribution in [2.75, 3.05) is 14.2 Å². The van der Waals surface area contributed by atoms with E-state index >= 15 is 0 Å². The van der Waals surface area contributed by atoms with Crippen molar-refractivity contribution in [2.24, 2.45) is 0 Å². The van der Waals surface area contributed by atoms with Crippen LogP contribution in [-0.4, -0.2) is 34.0 Å². The van der Waals surface area contributed by atoms with Crippen molar-refractivity contribution in [1.82, 2.24) is 19.8 Å². The maximum absolute atomic E-state index is 5.44. The van der Waals surface area contributed by atoms with Gasteiger partial charge in [0.15, 0.2) is 11.5 Å². The number of nitrogens with one attached hydrogen (secondary N) is 1. The lowest BCUT2D eigenvalue weighted by molar-refractivity contribution is 0.404. The van der Waals surface area contributed by atoms with E-state index in [0.29, 0.717) is 5.82 Å². The van der Waals surface area contributed by atoms with E-state index in [-0.39, 0.29) is 5.41 Å². The number of hydrogen-bond acceptors (Lipinski definition) is 4. The monoisotopic (exact) mass is 300 g/mol. The van der Waals surface area contributed by atoms with Crippen molar-refractivity contribution < 1.29 is 9.47 Å². The second kappa shape index (κ2) is 5.05. The van der Waals surface area contributed by atoms with Crippen LogP contribution in [0.1, 0.15) is 26.5 Å². The van der Waals surface area contributed by atoms with E-state index in [2.05, 4.69) is 36.1 Å². The molecular formula is C16H20N4O2. The highest BCUT2D eigenvalue weighted by Gasteiger charge is 2.21. The topological polar surface area (TPSA) is 64.4 Å². The minimum atomic E-state index is 0.0104. The molecule has 2 heterocycles. The van der Waals surface area contributed by atoms with Gasteiger partial charge in [-0.3, -0.25) is 5.10 Å². The van der Waals surface area contributed by atoms with Crippen molar-refractivity contribution >= 4 is 5.65 Å². The van der Waals surface area contributed by atoms with Gasteiger partial charge in [-0.1, -0.05) is 20.8 Å². The van der Waals surface area contributed by atoms with Gasteiger partial charge < -0.3 is 9.47 Å². The third kappa shape index (κ3) is 2.30. The maximum Gasteiger partial charge on any atom is 0.187 e. The molecule has 0 aliphatic rings. The van der Waals surface area contributed by atoms with Crippen molar-refractivity contribution in [1.29, 1.82) is 0 Å². The molecule has 0 aliphatic heterocycles. The molecule has 3 aromatic rings. The van der Waals surface area contributed by atoms with Crippen LogP contribution in [0.25, 0.3) is 17.0 Å². The molecule has 0 fully saturated rings. The molecule has 6 heteroatoms. The molecule has 0 radical (unpaired) electrons. The summed E-state index contributed by atoms with van der Waals surface area (Å²) in [4.78, 5) is 0. The van der Waals surface area contributed by atoms with Gasteiger partial charge in [-0.2, -0.15) is 0 Å². The average Bonchev–Trinajstić information content (AvgIpc) is 3.06. The Morgan fingerprint density at radius 3 is 2.45 bits per heavy atom. The second-order valence-electron chi connectivity index (χ2n) is 6.20. The van der Waals surface area contributed by atoms with Crippen LogP contribution in [0.4, 0.5) is 0 Å². The minimum Gasteiger partial charge on any atom is -0.497 e. The highest BCUT2D eigenvalue weighted by Crippen LogP contribution is 2.33. The Morgan fingerprint density at radius 1 is 1.05 bits per heavy atom. The van der Waals surface area contributed by atoms with Crippen LogP contribution in [0.3, 0.4) is 0 Å². The van der Waals surface area contributed by atoms with Crippen LogP contribution in [0, 0.1) is 0 Å². The Kier molecular flexibility index (Phi) is 3.31. The molecule has 0 saturated carbocycles. The fourth-order valence-corrected chi connectivity index (χ4v) is 2.33. The number of aromatic amines is 1. The molecule has 0 spiro atoms. The van der Waals surface area contributed by atoms with Gasteiger partial charge in [-0.15, -0.1) is 10.2 Å². The van der Waals surface area contributed by atoms with Gasteiger partial charge in [-0.25, -0.2) is 4.52 Å². The van der Waals surface area contributed by atoms with Crippen molar-refractivity contribution in [3.63, 3.8) is 0 Å². The van der Waals surface area contributed by atoms with E-state index in [1.54, 1.807) is 14.2 Å². The summed E-state index contributed by atoms with van der Waals surface area (Å²) in [6.07, 6.45) is 0. The zero-order chi connectivity index (χ0) is 15.9. The molecule has 0 atom stereocenters. The first-order chi connectivity index (χ1) is 10.4. The van der Waals surface area contributed by atoms with Crippen LogP contribution in [-0.2, 0) is 5.41 Å². The minimum absolute atomic E-state index is 0.0104. The van der Waals surface area contributed by atoms with Crippen LogP contribution < -0.4 is 9.47 Å². The van der Waals surface area contributed by atoms with Gasteiger partial charge in [0, 0.05) is 17.2 Å². The molecule has 22 heavy (non-hydrogen) atoms. The van der Waals surface area contributed by atoms with E-state index < -0.39 is 0 Å². The maximum atomic E-state index is 5.44. The van der Waals surface area contributed by atoms with Gasteiger partial charge in [-0.05, 0) is 18.2 Å². The van der Waals surface area contributed by atoms with Crippen LogP contribution in [0.2, 0.25) is 0 Å². The smallest absolute Gasteiger partial charge is 0.187 e. The predicted molar refractivity (Wildman–Crippen MR) is 84.6 cm³/mol. The summed E-state index contributed by atoms with van der Waals surface area (Å²) in [6.45, 7) is 6.45. The Bertz CT molecular complexity index is 811. The van der Waals surface area contributed by atoms with Crippen molar-refractivity contribution in [3.8, 4) is 22.9 Å². The Morgan fingerprint density at radius 2 is 1.82 bits per heavy atom. The molecule has 0 unspecified atom stereocenters. The summed E-state index contributed by atoms with van der Waals surface area (Å²) < 4.78 is 12.6. The van der Waals surface area contributed by atoms with Crippen LogP contribution in [0.5, 0.6) is 11.5 Å². The van der Waals surface area contributed by atoms with Gasteiger partial charge in [0.05, 0.1) is 19.8 Å². The lowest BCUT2D eigenvalue weighted by Gasteiger charge is -2.15. The standard InChI is InChI=1S/C16H20N4O2/c1-16(2,3)13-9-14-17-18-15(20(14)19-13)11-8-10(21-4)6-7-12(11)22-5/h6-9,19H,1-5H3. The first-order valence-corrected chi connectivity index (χ1v) is 7.11. The van der Waals surface area contributed by atoms with Gasteiger partial charge in [0.25, 0.3) is 0 Å². The average molecular weight is 300 g/mol. The predicted octanol–water partition coefficient (Wildman–Crippen LogP) is 3.04. The second-order valence-corrected chi connectivity index (χ2v) is 6.20. The molecule has 0 bridgehead atoms. The number of H-pyrrole nitrogens is 1. The third-order valence-electron chi connectivity index (χ3n) is 3.65. The zero-order valence-electron chi connectivity index (χ0n) is 13.5. The Hall–Kier alpha value is -2.50. The number of rotatable bonds is 3. The molecule has 1 aromatic carbocycles. The number of aromatic nitrogens is 4. The first kappa shape index (κ1) is 14.4. The Balaban J connectivity index is 2.20. The number of fused-ring (bicyclic) bond motifs is 1. The number of benzene rings is 1. The van der Waals surface area contributed by atoms with E-state index in [1.807, 2.05) is 28.8 Å². The van der Waals surface area contributed by atoms with Crippen LogP contribution in [0.15, 0.2) is 24.3 Å². The fraction of sp³-hybridized carbons (Fsp3) is 0.375. The number of ether oxygens (including phenoxy) is 2. The summed E-state index contributed by atoms with van der Waals surface area (Å²) >= 11 is 0. The SMILES string of the molecule is COc1ccc(OC)c(-c2nnc3cc(C(C)(C)C)[nH]n23)c1. The van der Waals surface area contributed by atoms with E-state index in [1.165, 1.54) is 0 Å². The number of nitrogens with zero attached hydrogens (tertiary/aromatic N) is 3. The summed E-state index contributed by atoms with van der Waals surface area (Å²) in [7, 11) is 3.27. The zero-order valence-corrected chi connectivity index (χ0v) is 13.5. The summed E-state index contributed by atoms with van der Waals surface area (Å²) in [5.74, 6) is 2.17. The van der Waals surface area contributed by atoms with Gasteiger partial charge in [0.1, 0.15) is 11.5 Å². The fourth-order valence-electron chi connectivity index (χ4n) is 2.33. The molecule has 1 N–H and O–H groups in total. The highest BCUT2D eigenvalue weighted by atomic mass is 16.5. The van der Waals surface area contributed by atoms with Gasteiger partial charge in [0.2, 0.25) is 0 Å². The highest BCUT2D eigenvalue weighted by molar-refractivity contribution is 5.68. The van der Waals surface area contributed by atoms with Crippen molar-refractivity contribution in [2.45, 2.75) is 26.2 Å². The molecular weight excluding hydrogens is 280 g/mol. The largest absolute Gasteiger partial charge is 0.497 e. The van der Waals surface area contributed by atoms with Crippen molar-refractivity contribution in [3.05, 3.63) is 30.0 Å². The summed E-state index contributed by atoms with van der Waals surface area (Å²) in [5, 5.41) is 11.9. The molecule has 3 rings (SSSR count). The third-order valence-corrected chi connectivity index (χ3v) is 3.65. The number of hydrogen-bond donors (Lipinski definition) is 1. The molecule has 116 valence electrons. The molecule has 0 amide bonds. The summed E-state index contributed by atoms with van der Waals surface area (Å²) in [5.41, 5.74) is 2.72. The molecule has 0 aliphatic carbocycles. The lowest BCUT2D eigenvalue weighted by Crippen LogP contribution is -2.12. The lowest BCUT2D eigenvalue weighted by atomic mass is 9.93. The summed E-state index contributed by atoms with van der Waals surface area (Å²) in [6, 6.07) is 7.63. The van der Waals surface area contributed by atoms with E-state index in [4.69, 9.17) is 9.47 Å². The normalized spacial score (nSPS) is 11.9. The van der Waals surface area contributed by atoms with E-state index in [9.17, 15) is 0 Å². The quantitative estimate of drug-likeness (QED) is 0.807. The van der Waals surface area contributed by atoms with E-state index in [0.717, 1.165) is 28.4 Å². The van der Waals surface area contributed by atoms with Crippen LogP contribution >= 0.6 is 0 Å². The number of methoxy groups -OCH3 is 2. The molecule has 2 aromatic heterocycles. The molecule has 6 nitrogen and oxygen atoms in total. The van der Waals surface area contributed by atoms with Gasteiger partial charge >= 0.3 is 0 Å². The molecule has 0 saturated heterocycles. The first-order valence-electron chi connectivity index (χ1n) is 7.11. The Labute approximate surface area is 129 Å².